The predicted octanol–water partition coefficient (Wildman–Crippen LogP) is -5.62. The number of nitrogens with one attached hydrogen (secondary N) is 7. The van der Waals surface area contributed by atoms with Crippen LogP contribution in [0.25, 0.3) is 0 Å². The van der Waals surface area contributed by atoms with Crippen molar-refractivity contribution in [2.24, 2.45) is 5.92 Å². The largest absolute Gasteiger partial charge is 0.481 e. The summed E-state index contributed by atoms with van der Waals surface area (Å²) >= 11 is 0. The maximum Gasteiger partial charge on any atom is 0.317 e. The highest BCUT2D eigenvalue weighted by atomic mass is 16.4. The molecule has 4 heterocycles. The highest BCUT2D eigenvalue weighted by Gasteiger charge is 2.51. The maximum atomic E-state index is 14.4. The number of nitrogens with zero attached hydrogens (tertiary/aromatic N) is 5. The van der Waals surface area contributed by atoms with Crippen LogP contribution in [0, 0.1) is 11.3 Å². The van der Waals surface area contributed by atoms with Gasteiger partial charge in [-0.1, -0.05) is 0 Å². The number of rotatable bonds is 16. The van der Waals surface area contributed by atoms with Crippen LogP contribution in [0.5, 0.6) is 0 Å². The molecule has 26 heteroatoms. The minimum atomic E-state index is -1.68. The van der Waals surface area contributed by atoms with E-state index in [4.69, 9.17) is 5.41 Å². The standard InChI is InChI=1S/C39H62N12O14/c1-23(40)41-6-2-3-26-36(62)43-18-29(52)44-27(16-31(54)55)37(63)46-35-24(15-25-4-5-28(38(64)45-26)51(25)39(35)65)17-42-30(53)19-47-7-9-48(20-32(56)57)11-13-50(22-34(60)61)14-12-49(10-8-47)21-33(58)59/h24-28,35H,2-22H2,1H3,(H2,40,41)(H,42,53)(H,43,62)(H,44,52)(H,45,64)(H,46,63)(H,54,55)(H,56,57)(H,58,59)(H,60,61)/t24-,25-,26-,27-,28-,35+/m0/s1. The summed E-state index contributed by atoms with van der Waals surface area (Å²) in [7, 11) is 0. The van der Waals surface area contributed by atoms with Gasteiger partial charge in [0.2, 0.25) is 35.4 Å². The van der Waals surface area contributed by atoms with E-state index < -0.39 is 108 Å². The summed E-state index contributed by atoms with van der Waals surface area (Å²) < 4.78 is 0. The van der Waals surface area contributed by atoms with Gasteiger partial charge in [0.15, 0.2) is 0 Å². The summed E-state index contributed by atoms with van der Waals surface area (Å²) in [6.45, 7) is 1.13. The van der Waals surface area contributed by atoms with E-state index in [1.54, 1.807) is 19.6 Å². The molecule has 0 aliphatic carbocycles. The van der Waals surface area contributed by atoms with Crippen LogP contribution in [-0.2, 0) is 47.9 Å². The van der Waals surface area contributed by atoms with Crippen molar-refractivity contribution in [3.05, 3.63) is 0 Å². The minimum absolute atomic E-state index is 0.0988. The Kier molecular flexibility index (Phi) is 19.8. The number of hydrogen-bond acceptors (Lipinski definition) is 15. The van der Waals surface area contributed by atoms with Gasteiger partial charge in [-0.25, -0.2) is 0 Å². The van der Waals surface area contributed by atoms with Gasteiger partial charge in [0.1, 0.15) is 24.2 Å². The second-order valence-electron chi connectivity index (χ2n) is 16.8. The van der Waals surface area contributed by atoms with Crippen LogP contribution in [0.1, 0.15) is 45.4 Å². The Hall–Kier alpha value is -5.99. The first-order chi connectivity index (χ1) is 30.8. The van der Waals surface area contributed by atoms with Gasteiger partial charge >= 0.3 is 23.9 Å². The molecule has 65 heavy (non-hydrogen) atoms. The Balaban J connectivity index is 1.54. The molecule has 0 spiro atoms. The molecule has 4 saturated heterocycles. The summed E-state index contributed by atoms with van der Waals surface area (Å²) in [6.07, 6.45) is 0.317. The Morgan fingerprint density at radius 1 is 0.662 bits per heavy atom. The molecular weight excluding hydrogens is 860 g/mol. The monoisotopic (exact) mass is 922 g/mol. The van der Waals surface area contributed by atoms with Gasteiger partial charge < -0.3 is 57.2 Å². The maximum absolute atomic E-state index is 14.4. The van der Waals surface area contributed by atoms with Crippen molar-refractivity contribution < 1.29 is 68.4 Å². The number of piperidine rings is 1. The lowest BCUT2D eigenvalue weighted by Gasteiger charge is -2.42. The molecule has 4 rings (SSSR count). The molecule has 0 aromatic heterocycles. The van der Waals surface area contributed by atoms with Crippen LogP contribution in [-0.4, -0.2) is 238 Å². The third-order valence-corrected chi connectivity index (χ3v) is 11.8. The van der Waals surface area contributed by atoms with Gasteiger partial charge in [0.25, 0.3) is 0 Å². The van der Waals surface area contributed by atoms with Crippen LogP contribution < -0.4 is 31.9 Å². The molecule has 6 amide bonds. The number of carboxylic acid groups (broad SMARTS) is 4. The van der Waals surface area contributed by atoms with E-state index in [0.29, 0.717) is 19.4 Å². The summed E-state index contributed by atoms with van der Waals surface area (Å²) in [4.78, 5) is 137. The fourth-order valence-electron chi connectivity index (χ4n) is 8.52. The SMILES string of the molecule is CC(=N)NCCC[C@@H]1NC(=O)[C@@H]2CC[C@H]3C[C@@H](CNC(=O)CN4CCN(CC(=O)O)CCN(CC(=O)O)CCN(CC(=O)O)CC4)[C@@H](NC(=O)[C@H](CC(=O)O)NC(=O)CNC1=O)C(=O)N32. The predicted molar refractivity (Wildman–Crippen MR) is 225 cm³/mol. The molecule has 11 N–H and O–H groups in total. The molecule has 0 saturated carbocycles. The van der Waals surface area contributed by atoms with Crippen LogP contribution in [0.4, 0.5) is 0 Å². The minimum Gasteiger partial charge on any atom is -0.481 e. The number of hydrogen-bond donors (Lipinski definition) is 11. The van der Waals surface area contributed by atoms with Crippen molar-refractivity contribution in [1.82, 2.24) is 56.4 Å². The fourth-order valence-corrected chi connectivity index (χ4v) is 8.52. The Morgan fingerprint density at radius 3 is 1.71 bits per heavy atom. The quantitative estimate of drug-likeness (QED) is 0.0390. The van der Waals surface area contributed by atoms with Crippen molar-refractivity contribution in [3.8, 4) is 0 Å². The number of carbonyl (C=O) groups is 10. The molecule has 0 unspecified atom stereocenters. The molecule has 2 bridgehead atoms. The van der Waals surface area contributed by atoms with Crippen molar-refractivity contribution in [1.29, 1.82) is 5.41 Å². The summed E-state index contributed by atoms with van der Waals surface area (Å²) in [5.41, 5.74) is 0. The molecule has 4 fully saturated rings. The van der Waals surface area contributed by atoms with Crippen molar-refractivity contribution in [2.45, 2.75) is 75.7 Å². The average molecular weight is 923 g/mol. The number of amides is 6. The molecule has 26 nitrogen and oxygen atoms in total. The lowest BCUT2D eigenvalue weighted by atomic mass is 9.85. The topological polar surface area (TPSA) is 364 Å². The summed E-state index contributed by atoms with van der Waals surface area (Å²) in [5.74, 6) is -9.86. The van der Waals surface area contributed by atoms with E-state index in [-0.39, 0.29) is 110 Å². The van der Waals surface area contributed by atoms with Gasteiger partial charge in [-0.3, -0.25) is 73.0 Å². The highest BCUT2D eigenvalue weighted by molar-refractivity contribution is 5.98. The second-order valence-corrected chi connectivity index (χ2v) is 16.8. The van der Waals surface area contributed by atoms with Crippen LogP contribution in [0.3, 0.4) is 0 Å². The van der Waals surface area contributed by atoms with Gasteiger partial charge in [-0.15, -0.1) is 0 Å². The Bertz CT molecular complexity index is 1770. The first kappa shape index (κ1) is 51.6. The zero-order valence-electron chi connectivity index (χ0n) is 36.4. The fraction of sp³-hybridized carbons (Fsp3) is 0.718. The molecule has 362 valence electrons. The number of carbonyl (C=O) groups excluding carboxylic acids is 6. The molecule has 0 radical (unpaired) electrons. The molecule has 4 aliphatic heterocycles. The van der Waals surface area contributed by atoms with Crippen molar-refractivity contribution >= 4 is 65.2 Å². The van der Waals surface area contributed by atoms with Crippen LogP contribution in [0.2, 0.25) is 0 Å². The summed E-state index contributed by atoms with van der Waals surface area (Å²) in [5, 5.41) is 61.4. The van der Waals surface area contributed by atoms with Crippen molar-refractivity contribution in [2.75, 3.05) is 98.2 Å². The van der Waals surface area contributed by atoms with E-state index in [1.807, 2.05) is 0 Å². The van der Waals surface area contributed by atoms with E-state index in [9.17, 15) is 68.4 Å². The Morgan fingerprint density at radius 2 is 1.20 bits per heavy atom. The Labute approximate surface area is 374 Å². The van der Waals surface area contributed by atoms with Gasteiger partial charge in [0.05, 0.1) is 45.0 Å². The third-order valence-electron chi connectivity index (χ3n) is 11.8. The molecular formula is C39H62N12O14. The number of carboxylic acids is 4. The smallest absolute Gasteiger partial charge is 0.317 e. The lowest BCUT2D eigenvalue weighted by molar-refractivity contribution is -0.149. The molecule has 4 aliphatic rings. The van der Waals surface area contributed by atoms with Gasteiger partial charge in [-0.05, 0) is 39.0 Å². The number of aliphatic carboxylic acids is 4. The number of amidine groups is 1. The third kappa shape index (κ3) is 16.8. The van der Waals surface area contributed by atoms with E-state index in [1.165, 1.54) is 11.8 Å². The molecule has 0 aromatic carbocycles. The zero-order valence-corrected chi connectivity index (χ0v) is 36.4. The first-order valence-electron chi connectivity index (χ1n) is 21.6. The lowest BCUT2D eigenvalue weighted by Crippen LogP contribution is -2.65. The molecule has 0 aromatic rings. The van der Waals surface area contributed by atoms with Gasteiger partial charge in [-0.2, -0.15) is 0 Å². The second kappa shape index (κ2) is 24.9. The highest BCUT2D eigenvalue weighted by Crippen LogP contribution is 2.35. The van der Waals surface area contributed by atoms with Gasteiger partial charge in [0, 0.05) is 77.4 Å². The van der Waals surface area contributed by atoms with E-state index >= 15 is 0 Å². The van der Waals surface area contributed by atoms with Crippen LogP contribution >= 0.6 is 0 Å². The zero-order chi connectivity index (χ0) is 47.8. The number of fused-ring (bicyclic) bond motifs is 1. The normalized spacial score (nSPS) is 26.1. The average Bonchev–Trinajstić information content (AvgIpc) is 3.65. The van der Waals surface area contributed by atoms with E-state index in [2.05, 4.69) is 31.9 Å². The first-order valence-corrected chi connectivity index (χ1v) is 21.6. The van der Waals surface area contributed by atoms with Crippen molar-refractivity contribution in [3.63, 3.8) is 0 Å². The summed E-state index contributed by atoms with van der Waals surface area (Å²) in [6, 6.07) is -5.79. The van der Waals surface area contributed by atoms with Crippen LogP contribution in [0.15, 0.2) is 0 Å². The van der Waals surface area contributed by atoms with E-state index in [0.717, 1.165) is 0 Å². The molecule has 6 atom stereocenters.